The summed E-state index contributed by atoms with van der Waals surface area (Å²) in [5.41, 5.74) is 2.16. The molecule has 172 valence electrons. The molecule has 0 bridgehead atoms. The zero-order valence-electron chi connectivity index (χ0n) is 17.8. The van der Waals surface area contributed by atoms with Crippen LogP contribution >= 0.6 is 11.6 Å². The number of hydrogen-bond donors (Lipinski definition) is 1. The Kier molecular flexibility index (Phi) is 6.42. The maximum atomic E-state index is 12.7. The Morgan fingerprint density at radius 1 is 1.15 bits per heavy atom. The van der Waals surface area contributed by atoms with Crippen LogP contribution in [-0.4, -0.2) is 27.0 Å². The summed E-state index contributed by atoms with van der Waals surface area (Å²) < 4.78 is 49.3. The molecular formula is C23H20ClF3N4O2. The van der Waals surface area contributed by atoms with E-state index in [2.05, 4.69) is 15.0 Å². The van der Waals surface area contributed by atoms with Gasteiger partial charge in [-0.2, -0.15) is 13.2 Å². The highest BCUT2D eigenvalue weighted by Crippen LogP contribution is 2.36. The van der Waals surface area contributed by atoms with Crippen LogP contribution in [0.3, 0.4) is 0 Å². The highest BCUT2D eigenvalue weighted by molar-refractivity contribution is 6.29. The number of rotatable bonds is 6. The highest BCUT2D eigenvalue weighted by atomic mass is 35.5. The summed E-state index contributed by atoms with van der Waals surface area (Å²) in [6.45, 7) is 2.03. The van der Waals surface area contributed by atoms with Crippen molar-refractivity contribution in [2.45, 2.75) is 32.0 Å². The van der Waals surface area contributed by atoms with E-state index in [-0.39, 0.29) is 12.5 Å². The van der Waals surface area contributed by atoms with Crippen LogP contribution in [0.1, 0.15) is 35.0 Å². The largest absolute Gasteiger partial charge is 0.500 e. The van der Waals surface area contributed by atoms with E-state index in [0.29, 0.717) is 34.5 Å². The summed E-state index contributed by atoms with van der Waals surface area (Å²) in [5, 5.41) is 0.406. The van der Waals surface area contributed by atoms with E-state index in [1.807, 2.05) is 19.1 Å². The lowest BCUT2D eigenvalue weighted by Gasteiger charge is -2.22. The lowest BCUT2D eigenvalue weighted by Crippen LogP contribution is -2.11. The van der Waals surface area contributed by atoms with E-state index < -0.39 is 11.9 Å². The molecule has 3 heterocycles. The first-order chi connectivity index (χ1) is 15.7. The first-order valence-corrected chi connectivity index (χ1v) is 10.4. The highest BCUT2D eigenvalue weighted by Gasteiger charge is 2.32. The summed E-state index contributed by atoms with van der Waals surface area (Å²) in [6, 6.07) is 5.83. The first-order valence-electron chi connectivity index (χ1n) is 10.0. The van der Waals surface area contributed by atoms with E-state index in [4.69, 9.17) is 26.1 Å². The summed E-state index contributed by atoms with van der Waals surface area (Å²) in [5.74, 6) is 1.81. The van der Waals surface area contributed by atoms with Crippen LogP contribution < -0.4 is 0 Å². The third kappa shape index (κ3) is 5.19. The second-order valence-corrected chi connectivity index (χ2v) is 7.84. The van der Waals surface area contributed by atoms with Gasteiger partial charge in [0.15, 0.2) is 0 Å². The van der Waals surface area contributed by atoms with Crippen LogP contribution in [0.15, 0.2) is 60.3 Å². The van der Waals surface area contributed by atoms with Crippen LogP contribution in [0.4, 0.5) is 13.2 Å². The molecule has 1 atom stereocenters. The minimum absolute atomic E-state index is 0.0876. The summed E-state index contributed by atoms with van der Waals surface area (Å²) in [6.07, 6.45) is 2.61. The van der Waals surface area contributed by atoms with Gasteiger partial charge >= 0.3 is 6.18 Å². The Balaban J connectivity index is 1.46. The molecular weight excluding hydrogens is 457 g/mol. The van der Waals surface area contributed by atoms with E-state index >= 15 is 0 Å². The molecule has 0 radical (unpaired) electrons. The van der Waals surface area contributed by atoms with Crippen molar-refractivity contribution in [2.24, 2.45) is 0 Å². The number of aromatic amines is 1. The molecule has 1 unspecified atom stereocenters. The van der Waals surface area contributed by atoms with Crippen LogP contribution in [0.2, 0.25) is 5.15 Å². The average molecular weight is 477 g/mol. The number of hydrogen-bond acceptors (Lipinski definition) is 5. The molecule has 0 aromatic carbocycles. The van der Waals surface area contributed by atoms with Crippen LogP contribution in [0, 0.1) is 6.92 Å². The zero-order valence-corrected chi connectivity index (χ0v) is 18.5. The average Bonchev–Trinajstić information content (AvgIpc) is 3.19. The molecule has 3 aromatic rings. The molecule has 0 amide bonds. The molecule has 1 aliphatic carbocycles. The molecule has 0 saturated carbocycles. The van der Waals surface area contributed by atoms with Crippen molar-refractivity contribution < 1.29 is 22.6 Å². The Morgan fingerprint density at radius 2 is 1.97 bits per heavy atom. The fraction of sp³-hybridized carbons (Fsp3) is 0.261. The number of aryl methyl sites for hydroxylation is 1. The number of pyridine rings is 2. The third-order valence-electron chi connectivity index (χ3n) is 5.19. The Morgan fingerprint density at radius 3 is 2.61 bits per heavy atom. The van der Waals surface area contributed by atoms with Gasteiger partial charge in [-0.25, -0.2) is 9.97 Å². The van der Waals surface area contributed by atoms with Gasteiger partial charge in [-0.3, -0.25) is 4.98 Å². The fourth-order valence-electron chi connectivity index (χ4n) is 3.51. The van der Waals surface area contributed by atoms with Crippen molar-refractivity contribution in [3.63, 3.8) is 0 Å². The Bertz CT molecular complexity index is 1190. The molecule has 0 saturated heterocycles. The predicted molar refractivity (Wildman–Crippen MR) is 116 cm³/mol. The zero-order chi connectivity index (χ0) is 23.6. The molecule has 3 aromatic heterocycles. The van der Waals surface area contributed by atoms with E-state index in [1.54, 1.807) is 25.4 Å². The molecule has 0 aliphatic heterocycles. The standard InChI is InChI=1S/C23H20ClF3N4O2/c1-13-21(31-22(30-13)15-4-8-20(24)29-11-15)17-6-5-16(9-18(17)32-2)33-12-14-3-7-19(28-10-14)23(25,26)27/h3-5,7-11,17H,6,12H2,1-2H3,(H,30,31). The Labute approximate surface area is 193 Å². The number of aromatic nitrogens is 4. The van der Waals surface area contributed by atoms with Crippen molar-refractivity contribution in [1.29, 1.82) is 0 Å². The second-order valence-electron chi connectivity index (χ2n) is 7.45. The third-order valence-corrected chi connectivity index (χ3v) is 5.42. The minimum atomic E-state index is -4.47. The molecule has 1 N–H and O–H groups in total. The van der Waals surface area contributed by atoms with Crippen molar-refractivity contribution in [2.75, 3.05) is 7.11 Å². The number of H-pyrrole nitrogens is 1. The van der Waals surface area contributed by atoms with Crippen LogP contribution in [0.5, 0.6) is 0 Å². The molecule has 0 spiro atoms. The van der Waals surface area contributed by atoms with E-state index in [9.17, 15) is 13.2 Å². The van der Waals surface area contributed by atoms with E-state index in [0.717, 1.165) is 29.2 Å². The Hall–Kier alpha value is -3.33. The number of imidazole rings is 1. The lowest BCUT2D eigenvalue weighted by atomic mass is 9.93. The molecule has 10 heteroatoms. The van der Waals surface area contributed by atoms with Gasteiger partial charge < -0.3 is 14.5 Å². The summed E-state index contributed by atoms with van der Waals surface area (Å²) >= 11 is 5.87. The van der Waals surface area contributed by atoms with Gasteiger partial charge in [-0.05, 0) is 37.6 Å². The molecule has 6 nitrogen and oxygen atoms in total. The molecule has 0 fully saturated rings. The molecule has 1 aliphatic rings. The number of allylic oxidation sites excluding steroid dienone is 3. The van der Waals surface area contributed by atoms with Gasteiger partial charge in [0.05, 0.1) is 18.7 Å². The predicted octanol–water partition coefficient (Wildman–Crippen LogP) is 5.97. The SMILES string of the molecule is COC1=CC(OCc2ccc(C(F)(F)F)nc2)=CCC1c1nc(-c2ccc(Cl)nc2)[nH]c1C. The van der Waals surface area contributed by atoms with Gasteiger partial charge in [-0.15, -0.1) is 0 Å². The number of nitrogens with zero attached hydrogens (tertiary/aromatic N) is 3. The maximum absolute atomic E-state index is 12.7. The summed E-state index contributed by atoms with van der Waals surface area (Å²) in [7, 11) is 1.58. The smallest absolute Gasteiger partial charge is 0.433 e. The topological polar surface area (TPSA) is 72.9 Å². The van der Waals surface area contributed by atoms with Crippen LogP contribution in [-0.2, 0) is 22.3 Å². The van der Waals surface area contributed by atoms with Crippen molar-refractivity contribution in [1.82, 2.24) is 19.9 Å². The van der Waals surface area contributed by atoms with Crippen molar-refractivity contribution >= 4 is 11.6 Å². The minimum Gasteiger partial charge on any atom is -0.500 e. The number of halogens is 4. The van der Waals surface area contributed by atoms with Crippen molar-refractivity contribution in [3.05, 3.63) is 88.1 Å². The van der Waals surface area contributed by atoms with Crippen LogP contribution in [0.25, 0.3) is 11.4 Å². The maximum Gasteiger partial charge on any atom is 0.433 e. The summed E-state index contributed by atoms with van der Waals surface area (Å²) in [4.78, 5) is 15.6. The van der Waals surface area contributed by atoms with Gasteiger partial charge in [0.25, 0.3) is 0 Å². The molecule has 33 heavy (non-hydrogen) atoms. The van der Waals surface area contributed by atoms with Gasteiger partial charge in [0.2, 0.25) is 0 Å². The monoisotopic (exact) mass is 476 g/mol. The number of methoxy groups -OCH3 is 1. The van der Waals surface area contributed by atoms with Gasteiger partial charge in [-0.1, -0.05) is 17.7 Å². The lowest BCUT2D eigenvalue weighted by molar-refractivity contribution is -0.141. The van der Waals surface area contributed by atoms with Gasteiger partial charge in [0.1, 0.15) is 34.8 Å². The quantitative estimate of drug-likeness (QED) is 0.444. The van der Waals surface area contributed by atoms with Gasteiger partial charge in [0, 0.05) is 35.3 Å². The number of nitrogens with one attached hydrogen (secondary N) is 1. The second kappa shape index (κ2) is 9.27. The normalized spacial score (nSPS) is 16.2. The van der Waals surface area contributed by atoms with Crippen molar-refractivity contribution in [3.8, 4) is 11.4 Å². The number of alkyl halides is 3. The fourth-order valence-corrected chi connectivity index (χ4v) is 3.62. The number of ether oxygens (including phenoxy) is 2. The molecule has 4 rings (SSSR count). The van der Waals surface area contributed by atoms with E-state index in [1.165, 1.54) is 6.07 Å². The first kappa shape index (κ1) is 22.8.